The van der Waals surface area contributed by atoms with Crippen LogP contribution in [0.15, 0.2) is 42.5 Å². The van der Waals surface area contributed by atoms with E-state index in [4.69, 9.17) is 0 Å². The second-order valence-electron chi connectivity index (χ2n) is 6.00. The molecule has 2 aromatic rings. The van der Waals surface area contributed by atoms with E-state index >= 15 is 0 Å². The fraction of sp³-hybridized carbons (Fsp3) is 0.263. The Morgan fingerprint density at radius 2 is 1.69 bits per heavy atom. The molecule has 0 atom stereocenters. The third kappa shape index (κ3) is 5.54. The summed E-state index contributed by atoms with van der Waals surface area (Å²) in [6, 6.07) is 10.8. The van der Waals surface area contributed by atoms with Gasteiger partial charge in [0.05, 0.1) is 5.69 Å². The van der Waals surface area contributed by atoms with E-state index in [9.17, 15) is 18.4 Å². The van der Waals surface area contributed by atoms with Crippen LogP contribution in [0.5, 0.6) is 0 Å². The number of rotatable bonds is 6. The van der Waals surface area contributed by atoms with Gasteiger partial charge in [-0.3, -0.25) is 9.59 Å². The van der Waals surface area contributed by atoms with Crippen molar-refractivity contribution < 1.29 is 18.4 Å². The lowest BCUT2D eigenvalue weighted by Crippen LogP contribution is -2.36. The number of amides is 2. The Balaban J connectivity index is 1.74. The first-order valence-corrected chi connectivity index (χ1v) is 8.17. The lowest BCUT2D eigenvalue weighted by atomic mass is 10.1. The Kier molecular flexibility index (Phi) is 6.66. The zero-order valence-electron chi connectivity index (χ0n) is 14.7. The van der Waals surface area contributed by atoms with Gasteiger partial charge >= 0.3 is 11.8 Å². The molecular formula is C19H21F2N3O2. The van der Waals surface area contributed by atoms with Crippen molar-refractivity contribution in [3.63, 3.8) is 0 Å². The van der Waals surface area contributed by atoms with Crippen LogP contribution in [0.25, 0.3) is 0 Å². The monoisotopic (exact) mass is 361 g/mol. The van der Waals surface area contributed by atoms with E-state index in [1.807, 2.05) is 43.3 Å². The lowest BCUT2D eigenvalue weighted by Gasteiger charge is -2.12. The molecule has 0 aliphatic carbocycles. The molecule has 7 heteroatoms. The predicted octanol–water partition coefficient (Wildman–Crippen LogP) is 2.72. The summed E-state index contributed by atoms with van der Waals surface area (Å²) in [5.41, 5.74) is 1.99. The van der Waals surface area contributed by atoms with Gasteiger partial charge in [0.25, 0.3) is 0 Å². The summed E-state index contributed by atoms with van der Waals surface area (Å²) in [5, 5.41) is 4.59. The first kappa shape index (κ1) is 19.4. The summed E-state index contributed by atoms with van der Waals surface area (Å²) in [7, 11) is 3.93. The van der Waals surface area contributed by atoms with Gasteiger partial charge in [0.15, 0.2) is 0 Å². The molecule has 138 valence electrons. The molecule has 0 bridgehead atoms. The van der Waals surface area contributed by atoms with Gasteiger partial charge in [0, 0.05) is 32.4 Å². The Morgan fingerprint density at radius 3 is 2.31 bits per heavy atom. The largest absolute Gasteiger partial charge is 0.378 e. The number of benzene rings is 2. The van der Waals surface area contributed by atoms with E-state index in [1.165, 1.54) is 0 Å². The molecule has 0 aliphatic heterocycles. The molecule has 0 saturated carbocycles. The lowest BCUT2D eigenvalue weighted by molar-refractivity contribution is -0.136. The average molecular weight is 361 g/mol. The minimum atomic E-state index is -0.995. The molecule has 0 aliphatic rings. The van der Waals surface area contributed by atoms with Crippen molar-refractivity contribution in [2.75, 3.05) is 30.9 Å². The van der Waals surface area contributed by atoms with E-state index in [0.29, 0.717) is 19.0 Å². The third-order valence-electron chi connectivity index (χ3n) is 3.77. The van der Waals surface area contributed by atoms with Gasteiger partial charge < -0.3 is 15.5 Å². The maximum atomic E-state index is 13.5. The highest BCUT2D eigenvalue weighted by Crippen LogP contribution is 2.15. The Hall–Kier alpha value is -2.96. The number of aryl methyl sites for hydroxylation is 1. The number of nitrogens with one attached hydrogen (secondary N) is 2. The van der Waals surface area contributed by atoms with Crippen LogP contribution >= 0.6 is 0 Å². The SMILES string of the molecule is CN(C)c1ccc(CCCNC(=O)C(=O)Nc2ccc(F)cc2F)cc1. The maximum absolute atomic E-state index is 13.5. The maximum Gasteiger partial charge on any atom is 0.313 e. The van der Waals surface area contributed by atoms with Crippen LogP contribution < -0.4 is 15.5 Å². The second kappa shape index (κ2) is 8.94. The first-order chi connectivity index (χ1) is 12.4. The number of halogens is 2. The van der Waals surface area contributed by atoms with Gasteiger partial charge in [-0.2, -0.15) is 0 Å². The Labute approximate surface area is 151 Å². The minimum Gasteiger partial charge on any atom is -0.378 e. The van der Waals surface area contributed by atoms with Gasteiger partial charge in [-0.15, -0.1) is 0 Å². The van der Waals surface area contributed by atoms with Crippen LogP contribution in [0.3, 0.4) is 0 Å². The van der Waals surface area contributed by atoms with Crippen molar-refractivity contribution in [1.29, 1.82) is 0 Å². The molecule has 2 rings (SSSR count). The molecular weight excluding hydrogens is 340 g/mol. The van der Waals surface area contributed by atoms with Crippen LogP contribution in [-0.2, 0) is 16.0 Å². The van der Waals surface area contributed by atoms with Crippen LogP contribution in [0.1, 0.15) is 12.0 Å². The Bertz CT molecular complexity index is 777. The van der Waals surface area contributed by atoms with Crippen molar-refractivity contribution in [1.82, 2.24) is 5.32 Å². The van der Waals surface area contributed by atoms with E-state index in [-0.39, 0.29) is 5.69 Å². The second-order valence-corrected chi connectivity index (χ2v) is 6.00. The van der Waals surface area contributed by atoms with Crippen molar-refractivity contribution >= 4 is 23.2 Å². The van der Waals surface area contributed by atoms with Crippen molar-refractivity contribution in [3.8, 4) is 0 Å². The van der Waals surface area contributed by atoms with E-state index in [0.717, 1.165) is 29.8 Å². The summed E-state index contributed by atoms with van der Waals surface area (Å²) >= 11 is 0. The fourth-order valence-electron chi connectivity index (χ4n) is 2.31. The molecule has 2 aromatic carbocycles. The fourth-order valence-corrected chi connectivity index (χ4v) is 2.31. The molecule has 2 N–H and O–H groups in total. The van der Waals surface area contributed by atoms with Crippen LogP contribution in [0, 0.1) is 11.6 Å². The van der Waals surface area contributed by atoms with E-state index < -0.39 is 23.4 Å². The molecule has 26 heavy (non-hydrogen) atoms. The number of hydrogen-bond donors (Lipinski definition) is 2. The highest BCUT2D eigenvalue weighted by atomic mass is 19.1. The smallest absolute Gasteiger partial charge is 0.313 e. The molecule has 5 nitrogen and oxygen atoms in total. The Morgan fingerprint density at radius 1 is 1.00 bits per heavy atom. The number of carbonyl (C=O) groups excluding carboxylic acids is 2. The standard InChI is InChI=1S/C19H21F2N3O2/c1-24(2)15-8-5-13(6-9-15)4-3-11-22-18(25)19(26)23-17-10-7-14(20)12-16(17)21/h5-10,12H,3-4,11H2,1-2H3,(H,22,25)(H,23,26). The molecule has 0 unspecified atom stereocenters. The van der Waals surface area contributed by atoms with Crippen molar-refractivity contribution in [2.45, 2.75) is 12.8 Å². The topological polar surface area (TPSA) is 61.4 Å². The van der Waals surface area contributed by atoms with Gasteiger partial charge in [0.2, 0.25) is 0 Å². The van der Waals surface area contributed by atoms with Crippen LogP contribution in [-0.4, -0.2) is 32.5 Å². The number of hydrogen-bond acceptors (Lipinski definition) is 3. The molecule has 0 saturated heterocycles. The van der Waals surface area contributed by atoms with Crippen LogP contribution in [0.2, 0.25) is 0 Å². The average Bonchev–Trinajstić information content (AvgIpc) is 2.61. The molecule has 0 spiro atoms. The summed E-state index contributed by atoms with van der Waals surface area (Å²) in [6.07, 6.45) is 1.41. The summed E-state index contributed by atoms with van der Waals surface area (Å²) in [5.74, 6) is -3.56. The highest BCUT2D eigenvalue weighted by Gasteiger charge is 2.15. The minimum absolute atomic E-state index is 0.243. The first-order valence-electron chi connectivity index (χ1n) is 8.17. The summed E-state index contributed by atoms with van der Waals surface area (Å²) in [4.78, 5) is 25.5. The number of nitrogens with zero attached hydrogens (tertiary/aromatic N) is 1. The molecule has 2 amide bonds. The number of anilines is 2. The van der Waals surface area contributed by atoms with E-state index in [2.05, 4.69) is 10.6 Å². The van der Waals surface area contributed by atoms with Crippen molar-refractivity contribution in [2.24, 2.45) is 0 Å². The van der Waals surface area contributed by atoms with Gasteiger partial charge in [0.1, 0.15) is 11.6 Å². The molecule has 0 heterocycles. The van der Waals surface area contributed by atoms with Gasteiger partial charge in [-0.05, 0) is 42.7 Å². The van der Waals surface area contributed by atoms with Gasteiger partial charge in [-0.1, -0.05) is 12.1 Å². The summed E-state index contributed by atoms with van der Waals surface area (Å²) in [6.45, 7) is 0.313. The molecule has 0 fully saturated rings. The zero-order valence-corrected chi connectivity index (χ0v) is 14.7. The van der Waals surface area contributed by atoms with E-state index in [1.54, 1.807) is 0 Å². The van der Waals surface area contributed by atoms with Gasteiger partial charge in [-0.25, -0.2) is 8.78 Å². The molecule has 0 radical (unpaired) electrons. The van der Waals surface area contributed by atoms with Crippen LogP contribution in [0.4, 0.5) is 20.2 Å². The zero-order chi connectivity index (χ0) is 19.1. The number of carbonyl (C=O) groups is 2. The highest BCUT2D eigenvalue weighted by molar-refractivity contribution is 6.39. The van der Waals surface area contributed by atoms with Crippen molar-refractivity contribution in [3.05, 3.63) is 59.7 Å². The molecule has 0 aromatic heterocycles. The quantitative estimate of drug-likeness (QED) is 0.614. The normalized spacial score (nSPS) is 10.3. The predicted molar refractivity (Wildman–Crippen MR) is 97.1 cm³/mol. The summed E-state index contributed by atoms with van der Waals surface area (Å²) < 4.78 is 26.3. The third-order valence-corrected chi connectivity index (χ3v) is 3.77.